The summed E-state index contributed by atoms with van der Waals surface area (Å²) in [4.78, 5) is 2.85. The smallest absolute Gasteiger partial charge is 0.0223 e. The molecule has 0 aromatic carbocycles. The zero-order valence-corrected chi connectivity index (χ0v) is 13.5. The molecule has 1 aliphatic carbocycles. The van der Waals surface area contributed by atoms with E-state index in [0.29, 0.717) is 5.41 Å². The van der Waals surface area contributed by atoms with Gasteiger partial charge in [-0.1, -0.05) is 27.2 Å². The van der Waals surface area contributed by atoms with Gasteiger partial charge in [-0.05, 0) is 63.5 Å². The van der Waals surface area contributed by atoms with E-state index in [1.165, 1.54) is 58.0 Å². The second-order valence-electron chi connectivity index (χ2n) is 7.82. The van der Waals surface area contributed by atoms with Gasteiger partial charge in [0.15, 0.2) is 0 Å². The number of hydrogen-bond donors (Lipinski definition) is 1. The minimum atomic E-state index is 0.511. The van der Waals surface area contributed by atoms with E-state index in [4.69, 9.17) is 0 Å². The summed E-state index contributed by atoms with van der Waals surface area (Å²) < 4.78 is 0. The zero-order chi connectivity index (χ0) is 13.9. The number of likely N-dealkylation sites (N-methyl/N-ethyl adjacent to an activating group) is 1. The normalized spacial score (nSPS) is 34.4. The minimum absolute atomic E-state index is 0.511. The Bertz CT molecular complexity index is 259. The van der Waals surface area contributed by atoms with Gasteiger partial charge in [0.2, 0.25) is 0 Å². The Kier molecular flexibility index (Phi) is 5.30. The van der Waals surface area contributed by atoms with E-state index in [1.807, 2.05) is 0 Å². The van der Waals surface area contributed by atoms with Crippen LogP contribution < -0.4 is 5.32 Å². The van der Waals surface area contributed by atoms with E-state index >= 15 is 0 Å². The van der Waals surface area contributed by atoms with Gasteiger partial charge in [0, 0.05) is 18.6 Å². The lowest BCUT2D eigenvalue weighted by atomic mass is 9.71. The van der Waals surface area contributed by atoms with Gasteiger partial charge < -0.3 is 5.32 Å². The van der Waals surface area contributed by atoms with E-state index in [9.17, 15) is 0 Å². The van der Waals surface area contributed by atoms with Crippen LogP contribution in [-0.2, 0) is 0 Å². The van der Waals surface area contributed by atoms with Crippen LogP contribution in [0.15, 0.2) is 0 Å². The van der Waals surface area contributed by atoms with E-state index < -0.39 is 0 Å². The third-order valence-electron chi connectivity index (χ3n) is 5.50. The summed E-state index contributed by atoms with van der Waals surface area (Å²) in [6.45, 7) is 9.78. The molecule has 1 heterocycles. The fourth-order valence-corrected chi connectivity index (χ4v) is 4.23. The van der Waals surface area contributed by atoms with Crippen molar-refractivity contribution in [3.63, 3.8) is 0 Å². The summed E-state index contributed by atoms with van der Waals surface area (Å²) in [7, 11) is 2.10. The molecule has 0 aromatic heterocycles. The zero-order valence-electron chi connectivity index (χ0n) is 13.5. The standard InChI is InChI=1S/C17H34N2/c1-17(2,3)14-8-10-15(11-9-14)19-12-6-5-7-16(19)13-18-4/h14-16,18H,5-13H2,1-4H3. The summed E-state index contributed by atoms with van der Waals surface area (Å²) >= 11 is 0. The molecule has 0 radical (unpaired) electrons. The van der Waals surface area contributed by atoms with E-state index in [-0.39, 0.29) is 0 Å². The van der Waals surface area contributed by atoms with Crippen molar-refractivity contribution in [2.24, 2.45) is 11.3 Å². The topological polar surface area (TPSA) is 15.3 Å². The van der Waals surface area contributed by atoms with Crippen molar-refractivity contribution in [1.82, 2.24) is 10.2 Å². The highest BCUT2D eigenvalue weighted by atomic mass is 15.2. The molecule has 1 atom stereocenters. The van der Waals surface area contributed by atoms with E-state index in [2.05, 4.69) is 38.0 Å². The minimum Gasteiger partial charge on any atom is -0.318 e. The first-order chi connectivity index (χ1) is 9.02. The summed E-state index contributed by atoms with van der Waals surface area (Å²) in [5.41, 5.74) is 0.511. The summed E-state index contributed by atoms with van der Waals surface area (Å²) in [5, 5.41) is 3.40. The molecular formula is C17H34N2. The van der Waals surface area contributed by atoms with Gasteiger partial charge >= 0.3 is 0 Å². The number of nitrogens with zero attached hydrogens (tertiary/aromatic N) is 1. The van der Waals surface area contributed by atoms with Crippen molar-refractivity contribution in [2.45, 2.75) is 77.8 Å². The average Bonchev–Trinajstić information content (AvgIpc) is 2.39. The summed E-state index contributed by atoms with van der Waals surface area (Å²) in [5.74, 6) is 0.941. The molecule has 2 heteroatoms. The molecule has 2 rings (SSSR count). The Hall–Kier alpha value is -0.0800. The van der Waals surface area contributed by atoms with E-state index in [0.717, 1.165) is 18.0 Å². The van der Waals surface area contributed by atoms with Crippen LogP contribution in [0, 0.1) is 11.3 Å². The quantitative estimate of drug-likeness (QED) is 0.838. The lowest BCUT2D eigenvalue weighted by Crippen LogP contribution is -2.51. The highest BCUT2D eigenvalue weighted by Crippen LogP contribution is 2.40. The Morgan fingerprint density at radius 1 is 1.00 bits per heavy atom. The SMILES string of the molecule is CNCC1CCCCN1C1CCC(C(C)(C)C)CC1. The molecule has 1 aliphatic heterocycles. The van der Waals surface area contributed by atoms with Crippen molar-refractivity contribution in [1.29, 1.82) is 0 Å². The van der Waals surface area contributed by atoms with Gasteiger partial charge in [-0.3, -0.25) is 4.90 Å². The molecule has 0 spiro atoms. The van der Waals surface area contributed by atoms with Crippen LogP contribution in [-0.4, -0.2) is 37.1 Å². The Morgan fingerprint density at radius 2 is 1.68 bits per heavy atom. The Balaban J connectivity index is 1.88. The maximum absolute atomic E-state index is 3.40. The first kappa shape index (κ1) is 15.3. The Labute approximate surface area is 120 Å². The van der Waals surface area contributed by atoms with Crippen LogP contribution in [0.4, 0.5) is 0 Å². The molecule has 1 unspecified atom stereocenters. The maximum Gasteiger partial charge on any atom is 0.0223 e. The summed E-state index contributed by atoms with van der Waals surface area (Å²) in [6, 6.07) is 1.67. The van der Waals surface area contributed by atoms with Crippen LogP contribution in [0.5, 0.6) is 0 Å². The fourth-order valence-electron chi connectivity index (χ4n) is 4.23. The lowest BCUT2D eigenvalue weighted by Gasteiger charge is -2.46. The molecule has 0 bridgehead atoms. The highest BCUT2D eigenvalue weighted by molar-refractivity contribution is 4.89. The van der Waals surface area contributed by atoms with Gasteiger partial charge in [0.05, 0.1) is 0 Å². The highest BCUT2D eigenvalue weighted by Gasteiger charge is 2.34. The lowest BCUT2D eigenvalue weighted by molar-refractivity contribution is 0.0460. The molecule has 1 saturated carbocycles. The molecule has 1 saturated heterocycles. The number of likely N-dealkylation sites (tertiary alicyclic amines) is 1. The van der Waals surface area contributed by atoms with Gasteiger partial charge in [0.25, 0.3) is 0 Å². The van der Waals surface area contributed by atoms with Gasteiger partial charge in [-0.15, -0.1) is 0 Å². The third-order valence-corrected chi connectivity index (χ3v) is 5.50. The van der Waals surface area contributed by atoms with Crippen molar-refractivity contribution >= 4 is 0 Å². The molecule has 112 valence electrons. The van der Waals surface area contributed by atoms with Crippen LogP contribution >= 0.6 is 0 Å². The monoisotopic (exact) mass is 266 g/mol. The predicted octanol–water partition coefficient (Wildman–Crippen LogP) is 3.67. The van der Waals surface area contributed by atoms with Gasteiger partial charge in [-0.25, -0.2) is 0 Å². The second kappa shape index (κ2) is 6.58. The summed E-state index contributed by atoms with van der Waals surface area (Å²) in [6.07, 6.45) is 10.00. The Morgan fingerprint density at radius 3 is 2.26 bits per heavy atom. The number of piperidine rings is 1. The molecule has 2 aliphatic rings. The molecular weight excluding hydrogens is 232 g/mol. The van der Waals surface area contributed by atoms with Crippen LogP contribution in [0.1, 0.15) is 65.7 Å². The average molecular weight is 266 g/mol. The predicted molar refractivity (Wildman–Crippen MR) is 83.5 cm³/mol. The first-order valence-corrected chi connectivity index (χ1v) is 8.42. The fraction of sp³-hybridized carbons (Fsp3) is 1.00. The molecule has 19 heavy (non-hydrogen) atoms. The van der Waals surface area contributed by atoms with Crippen LogP contribution in [0.3, 0.4) is 0 Å². The van der Waals surface area contributed by atoms with Crippen LogP contribution in [0.2, 0.25) is 0 Å². The molecule has 1 N–H and O–H groups in total. The van der Waals surface area contributed by atoms with Crippen molar-refractivity contribution in [2.75, 3.05) is 20.1 Å². The number of nitrogens with one attached hydrogen (secondary N) is 1. The van der Waals surface area contributed by atoms with Crippen LogP contribution in [0.25, 0.3) is 0 Å². The second-order valence-corrected chi connectivity index (χ2v) is 7.82. The largest absolute Gasteiger partial charge is 0.318 e. The van der Waals surface area contributed by atoms with Gasteiger partial charge in [0.1, 0.15) is 0 Å². The van der Waals surface area contributed by atoms with Crippen molar-refractivity contribution < 1.29 is 0 Å². The van der Waals surface area contributed by atoms with Crippen molar-refractivity contribution in [3.05, 3.63) is 0 Å². The molecule has 2 nitrogen and oxygen atoms in total. The molecule has 2 fully saturated rings. The van der Waals surface area contributed by atoms with Gasteiger partial charge in [-0.2, -0.15) is 0 Å². The first-order valence-electron chi connectivity index (χ1n) is 8.42. The molecule has 0 aromatic rings. The maximum atomic E-state index is 3.40. The molecule has 0 amide bonds. The third kappa shape index (κ3) is 3.95. The van der Waals surface area contributed by atoms with E-state index in [1.54, 1.807) is 0 Å². The van der Waals surface area contributed by atoms with Crippen molar-refractivity contribution in [3.8, 4) is 0 Å². The number of hydrogen-bond acceptors (Lipinski definition) is 2. The number of rotatable bonds is 3.